The molecule has 0 atom stereocenters. The van der Waals surface area contributed by atoms with E-state index in [9.17, 15) is 30.7 Å². The van der Waals surface area contributed by atoms with Crippen LogP contribution in [-0.4, -0.2) is 0 Å². The standard InChI is InChI=1S/C8H4F7N/c9-3-1-4(7(10,11)12)6(16)5(2-3)8(13,14)15/h1-2H,16H2. The van der Waals surface area contributed by atoms with Crippen molar-refractivity contribution in [1.82, 2.24) is 0 Å². The Morgan fingerprint density at radius 2 is 1.12 bits per heavy atom. The first-order valence-corrected chi connectivity index (χ1v) is 3.77. The van der Waals surface area contributed by atoms with Gasteiger partial charge in [-0.1, -0.05) is 0 Å². The van der Waals surface area contributed by atoms with E-state index >= 15 is 0 Å². The van der Waals surface area contributed by atoms with Gasteiger partial charge in [-0.25, -0.2) is 4.39 Å². The molecule has 0 saturated carbocycles. The fraction of sp³-hybridized carbons (Fsp3) is 0.250. The lowest BCUT2D eigenvalue weighted by Crippen LogP contribution is -2.16. The Labute approximate surface area is 84.7 Å². The van der Waals surface area contributed by atoms with Crippen LogP contribution in [0.25, 0.3) is 0 Å². The maximum atomic E-state index is 12.6. The zero-order chi connectivity index (χ0) is 12.7. The summed E-state index contributed by atoms with van der Waals surface area (Å²) in [5.74, 6) is -1.64. The van der Waals surface area contributed by atoms with Crippen LogP contribution in [0.5, 0.6) is 0 Å². The highest BCUT2D eigenvalue weighted by Gasteiger charge is 2.40. The van der Waals surface area contributed by atoms with Crippen molar-refractivity contribution < 1.29 is 30.7 Å². The Kier molecular flexibility index (Phi) is 2.78. The lowest BCUT2D eigenvalue weighted by atomic mass is 10.1. The van der Waals surface area contributed by atoms with Crippen LogP contribution >= 0.6 is 0 Å². The largest absolute Gasteiger partial charge is 0.418 e. The number of nitrogens with two attached hydrogens (primary N) is 1. The summed E-state index contributed by atoms with van der Waals surface area (Å²) in [6.07, 6.45) is -10.3. The fourth-order valence-corrected chi connectivity index (χ4v) is 1.09. The topological polar surface area (TPSA) is 26.0 Å². The molecule has 0 heterocycles. The van der Waals surface area contributed by atoms with Crippen molar-refractivity contribution in [3.8, 4) is 0 Å². The van der Waals surface area contributed by atoms with E-state index in [0.29, 0.717) is 0 Å². The van der Waals surface area contributed by atoms with Crippen molar-refractivity contribution in [2.75, 3.05) is 5.73 Å². The van der Waals surface area contributed by atoms with E-state index in [1.807, 2.05) is 0 Å². The Balaban J connectivity index is 3.51. The van der Waals surface area contributed by atoms with Gasteiger partial charge >= 0.3 is 12.4 Å². The molecule has 1 aromatic rings. The molecule has 2 N–H and O–H groups in total. The highest BCUT2D eigenvalue weighted by atomic mass is 19.4. The first kappa shape index (κ1) is 12.6. The van der Waals surface area contributed by atoms with Crippen LogP contribution in [0.1, 0.15) is 11.1 Å². The maximum Gasteiger partial charge on any atom is 0.418 e. The minimum Gasteiger partial charge on any atom is -0.398 e. The number of halogens is 7. The van der Waals surface area contributed by atoms with E-state index in [1.165, 1.54) is 0 Å². The van der Waals surface area contributed by atoms with Crippen molar-refractivity contribution in [2.24, 2.45) is 0 Å². The number of alkyl halides is 6. The van der Waals surface area contributed by atoms with Gasteiger partial charge in [0.2, 0.25) is 0 Å². The van der Waals surface area contributed by atoms with Gasteiger partial charge in [0.25, 0.3) is 0 Å². The van der Waals surface area contributed by atoms with Gasteiger partial charge in [-0.3, -0.25) is 0 Å². The van der Waals surface area contributed by atoms with Gasteiger partial charge in [-0.15, -0.1) is 0 Å². The van der Waals surface area contributed by atoms with E-state index < -0.39 is 35.0 Å². The highest BCUT2D eigenvalue weighted by molar-refractivity contribution is 5.56. The van der Waals surface area contributed by atoms with E-state index in [0.717, 1.165) is 0 Å². The summed E-state index contributed by atoms with van der Waals surface area (Å²) >= 11 is 0. The van der Waals surface area contributed by atoms with E-state index in [1.54, 1.807) is 0 Å². The normalized spacial score (nSPS) is 12.9. The molecular formula is C8H4F7N. The molecule has 0 aliphatic rings. The molecule has 0 fully saturated rings. The molecule has 8 heteroatoms. The summed E-state index contributed by atoms with van der Waals surface area (Å²) in [4.78, 5) is 0. The van der Waals surface area contributed by atoms with Crippen molar-refractivity contribution >= 4 is 5.69 Å². The van der Waals surface area contributed by atoms with Gasteiger partial charge in [-0.2, -0.15) is 26.3 Å². The van der Waals surface area contributed by atoms with Crippen molar-refractivity contribution in [1.29, 1.82) is 0 Å². The number of rotatable bonds is 0. The Morgan fingerprint density at radius 1 is 0.812 bits per heavy atom. The third-order valence-corrected chi connectivity index (χ3v) is 1.76. The second-order valence-electron chi connectivity index (χ2n) is 2.91. The van der Waals surface area contributed by atoms with Gasteiger partial charge < -0.3 is 5.73 Å². The van der Waals surface area contributed by atoms with Crippen LogP contribution in [0, 0.1) is 5.82 Å². The third-order valence-electron chi connectivity index (χ3n) is 1.76. The molecule has 1 rings (SSSR count). The van der Waals surface area contributed by atoms with Gasteiger partial charge in [0.15, 0.2) is 0 Å². The summed E-state index contributed by atoms with van der Waals surface area (Å²) in [5.41, 5.74) is -0.476. The molecule has 90 valence electrons. The lowest BCUT2D eigenvalue weighted by molar-refractivity contribution is -0.142. The number of hydrogen-bond donors (Lipinski definition) is 1. The molecule has 0 bridgehead atoms. The molecule has 0 aliphatic carbocycles. The van der Waals surface area contributed by atoms with Crippen molar-refractivity contribution in [3.05, 3.63) is 29.1 Å². The molecule has 0 aromatic heterocycles. The SMILES string of the molecule is Nc1c(C(F)(F)F)cc(F)cc1C(F)(F)F. The molecule has 0 aliphatic heterocycles. The van der Waals surface area contributed by atoms with Gasteiger partial charge in [0, 0.05) is 0 Å². The molecule has 0 spiro atoms. The van der Waals surface area contributed by atoms with Gasteiger partial charge in [0.05, 0.1) is 16.8 Å². The second kappa shape index (κ2) is 3.53. The van der Waals surface area contributed by atoms with Crippen LogP contribution in [-0.2, 0) is 12.4 Å². The van der Waals surface area contributed by atoms with E-state index in [4.69, 9.17) is 5.73 Å². The van der Waals surface area contributed by atoms with Crippen molar-refractivity contribution in [3.63, 3.8) is 0 Å². The molecule has 0 radical (unpaired) electrons. The summed E-state index contributed by atoms with van der Waals surface area (Å²) in [7, 11) is 0. The fourth-order valence-electron chi connectivity index (χ4n) is 1.09. The third kappa shape index (κ3) is 2.37. The predicted molar refractivity (Wildman–Crippen MR) is 40.8 cm³/mol. The Bertz CT molecular complexity index is 369. The van der Waals surface area contributed by atoms with Crippen molar-refractivity contribution in [2.45, 2.75) is 12.4 Å². The molecular weight excluding hydrogens is 243 g/mol. The molecule has 0 saturated heterocycles. The maximum absolute atomic E-state index is 12.6. The van der Waals surface area contributed by atoms with E-state index in [-0.39, 0.29) is 12.1 Å². The first-order valence-electron chi connectivity index (χ1n) is 3.77. The average molecular weight is 247 g/mol. The second-order valence-corrected chi connectivity index (χ2v) is 2.91. The number of hydrogen-bond acceptors (Lipinski definition) is 1. The van der Waals surface area contributed by atoms with Crippen LogP contribution < -0.4 is 5.73 Å². The number of anilines is 1. The minimum absolute atomic E-state index is 0.0788. The summed E-state index contributed by atoms with van der Waals surface area (Å²) in [5, 5.41) is 0. The minimum atomic E-state index is -5.13. The highest BCUT2D eigenvalue weighted by Crippen LogP contribution is 2.41. The van der Waals surface area contributed by atoms with Gasteiger partial charge in [0.1, 0.15) is 5.82 Å². The summed E-state index contributed by atoms with van der Waals surface area (Å²) < 4.78 is 85.7. The molecule has 1 aromatic carbocycles. The predicted octanol–water partition coefficient (Wildman–Crippen LogP) is 3.45. The quantitative estimate of drug-likeness (QED) is 0.551. The zero-order valence-electron chi connectivity index (χ0n) is 7.38. The van der Waals surface area contributed by atoms with Gasteiger partial charge in [-0.05, 0) is 12.1 Å². The molecule has 0 amide bonds. The molecule has 16 heavy (non-hydrogen) atoms. The monoisotopic (exact) mass is 247 g/mol. The first-order chi connectivity index (χ1) is 7.03. The van der Waals surface area contributed by atoms with Crippen LogP contribution in [0.2, 0.25) is 0 Å². The summed E-state index contributed by atoms with van der Waals surface area (Å²) in [6, 6.07) is -0.158. The van der Waals surface area contributed by atoms with Crippen LogP contribution in [0.15, 0.2) is 12.1 Å². The van der Waals surface area contributed by atoms with Crippen LogP contribution in [0.3, 0.4) is 0 Å². The molecule has 0 unspecified atom stereocenters. The number of nitrogen functional groups attached to an aromatic ring is 1. The molecule has 1 nitrogen and oxygen atoms in total. The zero-order valence-corrected chi connectivity index (χ0v) is 7.38. The average Bonchev–Trinajstić information content (AvgIpc) is 2.04. The Hall–Kier alpha value is -1.47. The lowest BCUT2D eigenvalue weighted by Gasteiger charge is -2.15. The smallest absolute Gasteiger partial charge is 0.398 e. The summed E-state index contributed by atoms with van der Waals surface area (Å²) in [6.45, 7) is 0. The van der Waals surface area contributed by atoms with E-state index in [2.05, 4.69) is 0 Å². The Morgan fingerprint density at radius 3 is 1.38 bits per heavy atom. The van der Waals surface area contributed by atoms with Crippen LogP contribution in [0.4, 0.5) is 36.4 Å². The number of benzene rings is 1.